The maximum Gasteiger partial charge on any atom is 0.242 e. The molecule has 1 aliphatic heterocycles. The van der Waals surface area contributed by atoms with Gasteiger partial charge in [-0.1, -0.05) is 18.2 Å². The number of carbonyl (C=O) groups excluding carboxylic acids is 2. The highest BCUT2D eigenvalue weighted by molar-refractivity contribution is 8.00. The molecule has 3 rings (SSSR count). The Balaban J connectivity index is 1.69. The van der Waals surface area contributed by atoms with Gasteiger partial charge in [-0.3, -0.25) is 14.5 Å². The number of thioether (sulfide) groups is 1. The number of ether oxygens (including phenoxy) is 2. The molecule has 7 heteroatoms. The summed E-state index contributed by atoms with van der Waals surface area (Å²) in [5, 5.41) is 2.98. The van der Waals surface area contributed by atoms with Crippen molar-refractivity contribution in [1.29, 1.82) is 0 Å². The predicted octanol–water partition coefficient (Wildman–Crippen LogP) is 4.06. The first-order chi connectivity index (χ1) is 14.8. The third-order valence-electron chi connectivity index (χ3n) is 5.28. The Morgan fingerprint density at radius 3 is 2.58 bits per heavy atom. The lowest BCUT2D eigenvalue weighted by Gasteiger charge is -2.28. The van der Waals surface area contributed by atoms with E-state index in [1.165, 1.54) is 0 Å². The number of benzene rings is 2. The number of hydrogen-bond donors (Lipinski definition) is 1. The lowest BCUT2D eigenvalue weighted by molar-refractivity contribution is -0.126. The smallest absolute Gasteiger partial charge is 0.242 e. The van der Waals surface area contributed by atoms with Crippen molar-refractivity contribution in [3.63, 3.8) is 0 Å². The number of fused-ring (bicyclic) bond motifs is 1. The van der Waals surface area contributed by atoms with Crippen molar-refractivity contribution < 1.29 is 19.1 Å². The van der Waals surface area contributed by atoms with E-state index in [-0.39, 0.29) is 16.6 Å². The van der Waals surface area contributed by atoms with E-state index in [0.29, 0.717) is 30.9 Å². The van der Waals surface area contributed by atoms with Crippen LogP contribution in [0.25, 0.3) is 0 Å². The molecule has 0 aliphatic carbocycles. The largest absolute Gasteiger partial charge is 0.493 e. The molecule has 2 amide bonds. The molecule has 2 aromatic rings. The maximum atomic E-state index is 13.1. The summed E-state index contributed by atoms with van der Waals surface area (Å²) in [6.07, 6.45) is 1.02. The molecule has 166 valence electrons. The fraction of sp³-hybridized carbons (Fsp3) is 0.417. The zero-order valence-corrected chi connectivity index (χ0v) is 19.5. The highest BCUT2D eigenvalue weighted by atomic mass is 32.2. The predicted molar refractivity (Wildman–Crippen MR) is 124 cm³/mol. The number of nitrogens with zero attached hydrogens (tertiary/aromatic N) is 1. The van der Waals surface area contributed by atoms with Gasteiger partial charge in [0, 0.05) is 22.6 Å². The lowest BCUT2D eigenvalue weighted by atomic mass is 10.1. The first kappa shape index (κ1) is 23.0. The molecular formula is C24H30N2O4S. The van der Waals surface area contributed by atoms with E-state index in [1.54, 1.807) is 37.8 Å². The number of methoxy groups -OCH3 is 2. The van der Waals surface area contributed by atoms with Crippen molar-refractivity contribution >= 4 is 29.3 Å². The van der Waals surface area contributed by atoms with E-state index in [9.17, 15) is 9.59 Å². The third-order valence-corrected chi connectivity index (χ3v) is 6.55. The molecule has 0 aromatic heterocycles. The average Bonchev–Trinajstić information content (AvgIpc) is 2.84. The van der Waals surface area contributed by atoms with Crippen LogP contribution in [-0.4, -0.2) is 43.4 Å². The standard InChI is InChI=1S/C24H30N2O4S/c1-16(23(28)25-13-12-17-10-11-19(29-4)20(14-17)30-5)26-18-8-6-7-9-21(18)31-24(2,3)15-22(26)27/h6-11,14,16H,12-13,15H2,1-5H3,(H,25,28). The second-order valence-electron chi connectivity index (χ2n) is 8.18. The maximum absolute atomic E-state index is 13.1. The number of anilines is 1. The van der Waals surface area contributed by atoms with E-state index < -0.39 is 6.04 Å². The monoisotopic (exact) mass is 442 g/mol. The molecule has 1 aliphatic rings. The summed E-state index contributed by atoms with van der Waals surface area (Å²) in [5.41, 5.74) is 1.82. The first-order valence-electron chi connectivity index (χ1n) is 10.3. The molecule has 1 atom stereocenters. The summed E-state index contributed by atoms with van der Waals surface area (Å²) in [6, 6.07) is 12.9. The molecule has 0 saturated carbocycles. The minimum atomic E-state index is -0.603. The number of amides is 2. The zero-order valence-electron chi connectivity index (χ0n) is 18.7. The van der Waals surface area contributed by atoms with Gasteiger partial charge in [0.1, 0.15) is 6.04 Å². The van der Waals surface area contributed by atoms with Crippen LogP contribution in [0, 0.1) is 0 Å². The van der Waals surface area contributed by atoms with Crippen molar-refractivity contribution in [1.82, 2.24) is 5.32 Å². The topological polar surface area (TPSA) is 67.9 Å². The summed E-state index contributed by atoms with van der Waals surface area (Å²) in [6.45, 7) is 6.36. The molecule has 2 aromatic carbocycles. The van der Waals surface area contributed by atoms with Gasteiger partial charge in [0.2, 0.25) is 11.8 Å². The fourth-order valence-corrected chi connectivity index (χ4v) is 4.92. The van der Waals surface area contributed by atoms with Gasteiger partial charge in [0.05, 0.1) is 19.9 Å². The number of para-hydroxylation sites is 1. The summed E-state index contributed by atoms with van der Waals surface area (Å²) >= 11 is 1.68. The van der Waals surface area contributed by atoms with Crippen LogP contribution < -0.4 is 19.7 Å². The van der Waals surface area contributed by atoms with Gasteiger partial charge in [0.15, 0.2) is 11.5 Å². The summed E-state index contributed by atoms with van der Waals surface area (Å²) < 4.78 is 10.4. The van der Waals surface area contributed by atoms with Crippen LogP contribution in [0.15, 0.2) is 47.4 Å². The zero-order chi connectivity index (χ0) is 22.6. The van der Waals surface area contributed by atoms with Crippen LogP contribution in [0.3, 0.4) is 0 Å². The number of carbonyl (C=O) groups is 2. The molecule has 0 bridgehead atoms. The summed E-state index contributed by atoms with van der Waals surface area (Å²) in [4.78, 5) is 28.7. The quantitative estimate of drug-likeness (QED) is 0.700. The number of hydrogen-bond acceptors (Lipinski definition) is 5. The van der Waals surface area contributed by atoms with Gasteiger partial charge >= 0.3 is 0 Å². The molecule has 1 unspecified atom stereocenters. The van der Waals surface area contributed by atoms with E-state index in [4.69, 9.17) is 9.47 Å². The van der Waals surface area contributed by atoms with Crippen LogP contribution in [0.5, 0.6) is 11.5 Å². The van der Waals surface area contributed by atoms with Crippen LogP contribution in [0.4, 0.5) is 5.69 Å². The van der Waals surface area contributed by atoms with E-state index in [0.717, 1.165) is 16.1 Å². The van der Waals surface area contributed by atoms with Gasteiger partial charge < -0.3 is 14.8 Å². The number of rotatable bonds is 7. The molecule has 6 nitrogen and oxygen atoms in total. The van der Waals surface area contributed by atoms with Gasteiger partial charge in [-0.2, -0.15) is 0 Å². The van der Waals surface area contributed by atoms with Gasteiger partial charge in [0.25, 0.3) is 0 Å². The molecule has 1 N–H and O–H groups in total. The molecular weight excluding hydrogens is 412 g/mol. The molecule has 31 heavy (non-hydrogen) atoms. The second-order valence-corrected chi connectivity index (χ2v) is 9.93. The molecule has 0 spiro atoms. The normalized spacial score (nSPS) is 16.2. The van der Waals surface area contributed by atoms with Crippen molar-refractivity contribution in [3.8, 4) is 11.5 Å². The van der Waals surface area contributed by atoms with Crippen LogP contribution in [-0.2, 0) is 16.0 Å². The summed E-state index contributed by atoms with van der Waals surface area (Å²) in [5.74, 6) is 1.12. The van der Waals surface area contributed by atoms with Gasteiger partial charge in [-0.15, -0.1) is 11.8 Å². The van der Waals surface area contributed by atoms with Crippen molar-refractivity contribution in [3.05, 3.63) is 48.0 Å². The molecule has 1 heterocycles. The minimum Gasteiger partial charge on any atom is -0.493 e. The number of nitrogens with one attached hydrogen (secondary N) is 1. The first-order valence-corrected chi connectivity index (χ1v) is 11.2. The average molecular weight is 443 g/mol. The third kappa shape index (κ3) is 5.34. The molecule has 0 fully saturated rings. The molecule has 0 saturated heterocycles. The highest BCUT2D eigenvalue weighted by Gasteiger charge is 2.37. The Kier molecular flexibility index (Phi) is 7.15. The molecule has 0 radical (unpaired) electrons. The second kappa shape index (κ2) is 9.64. The van der Waals surface area contributed by atoms with E-state index in [2.05, 4.69) is 19.2 Å². The van der Waals surface area contributed by atoms with Crippen molar-refractivity contribution in [2.24, 2.45) is 0 Å². The Hall–Kier alpha value is -2.67. The van der Waals surface area contributed by atoms with Gasteiger partial charge in [-0.25, -0.2) is 0 Å². The summed E-state index contributed by atoms with van der Waals surface area (Å²) in [7, 11) is 3.20. The van der Waals surface area contributed by atoms with Crippen LogP contribution >= 0.6 is 11.8 Å². The van der Waals surface area contributed by atoms with Crippen LogP contribution in [0.2, 0.25) is 0 Å². The van der Waals surface area contributed by atoms with Crippen molar-refractivity contribution in [2.75, 3.05) is 25.7 Å². The van der Waals surface area contributed by atoms with E-state index >= 15 is 0 Å². The fourth-order valence-electron chi connectivity index (χ4n) is 3.72. The SMILES string of the molecule is COc1ccc(CCNC(=O)C(C)N2C(=O)CC(C)(C)Sc3ccccc32)cc1OC. The Bertz CT molecular complexity index is 960. The highest BCUT2D eigenvalue weighted by Crippen LogP contribution is 2.44. The minimum absolute atomic E-state index is 0.0370. The Labute approximate surface area is 188 Å². The van der Waals surface area contributed by atoms with Crippen LogP contribution in [0.1, 0.15) is 32.8 Å². The Morgan fingerprint density at radius 2 is 1.87 bits per heavy atom. The Morgan fingerprint density at radius 1 is 1.16 bits per heavy atom. The van der Waals surface area contributed by atoms with Gasteiger partial charge in [-0.05, 0) is 57.0 Å². The van der Waals surface area contributed by atoms with E-state index in [1.807, 2.05) is 42.5 Å². The van der Waals surface area contributed by atoms with Crippen molar-refractivity contribution in [2.45, 2.75) is 49.3 Å². The lowest BCUT2D eigenvalue weighted by Crippen LogP contribution is -2.49.